The highest BCUT2D eigenvalue weighted by atomic mass is 35.5. The van der Waals surface area contributed by atoms with Gasteiger partial charge in [-0.05, 0) is 18.6 Å². The van der Waals surface area contributed by atoms with Crippen molar-refractivity contribution in [3.05, 3.63) is 46.1 Å². The summed E-state index contributed by atoms with van der Waals surface area (Å²) in [7, 11) is 0. The van der Waals surface area contributed by atoms with Crippen molar-refractivity contribution in [3.63, 3.8) is 0 Å². The number of aliphatic imine (C=N–C) groups is 1. The van der Waals surface area contributed by atoms with Gasteiger partial charge in [-0.1, -0.05) is 41.6 Å². The van der Waals surface area contributed by atoms with Crippen molar-refractivity contribution in [3.8, 4) is 0 Å². The molecule has 2 N–H and O–H groups in total. The zero-order valence-electron chi connectivity index (χ0n) is 11.2. The van der Waals surface area contributed by atoms with E-state index in [1.165, 1.54) is 16.7 Å². The first-order valence-corrected chi connectivity index (χ1v) is 7.65. The summed E-state index contributed by atoms with van der Waals surface area (Å²) >= 11 is 7.61. The quantitative estimate of drug-likeness (QED) is 0.906. The normalized spacial score (nSPS) is 21.4. The van der Waals surface area contributed by atoms with Crippen LogP contribution in [0.15, 0.2) is 40.5 Å². The minimum absolute atomic E-state index is 0.102. The van der Waals surface area contributed by atoms with Crippen molar-refractivity contribution < 1.29 is 9.59 Å². The molecule has 2 aliphatic heterocycles. The molecule has 1 aromatic rings. The SMILES string of the molecule is CC1=C(C(N)=O)C(c2ccccc2Cl)N2C(=O)CSC2=N1. The number of amides is 2. The van der Waals surface area contributed by atoms with Crippen LogP contribution in [0.25, 0.3) is 0 Å². The van der Waals surface area contributed by atoms with Crippen LogP contribution in [0, 0.1) is 0 Å². The third kappa shape index (κ3) is 2.24. The molecule has 1 fully saturated rings. The van der Waals surface area contributed by atoms with E-state index in [0.717, 1.165) is 0 Å². The molecule has 0 spiro atoms. The van der Waals surface area contributed by atoms with E-state index in [-0.39, 0.29) is 5.91 Å². The van der Waals surface area contributed by atoms with Crippen LogP contribution in [0.3, 0.4) is 0 Å². The van der Waals surface area contributed by atoms with Crippen LogP contribution in [0.5, 0.6) is 0 Å². The first kappa shape index (κ1) is 14.2. The summed E-state index contributed by atoms with van der Waals surface area (Å²) in [5.41, 5.74) is 7.02. The molecule has 108 valence electrons. The number of carbonyl (C=O) groups is 2. The number of rotatable bonds is 2. The number of amidine groups is 1. The Morgan fingerprint density at radius 3 is 2.86 bits per heavy atom. The van der Waals surface area contributed by atoms with Gasteiger partial charge in [0.15, 0.2) is 5.17 Å². The summed E-state index contributed by atoms with van der Waals surface area (Å²) in [6, 6.07) is 6.52. The van der Waals surface area contributed by atoms with Gasteiger partial charge in [-0.15, -0.1) is 0 Å². The van der Waals surface area contributed by atoms with E-state index in [2.05, 4.69) is 4.99 Å². The highest BCUT2D eigenvalue weighted by Gasteiger charge is 2.42. The Bertz CT molecular complexity index is 714. The molecule has 0 aliphatic carbocycles. The van der Waals surface area contributed by atoms with E-state index in [1.54, 1.807) is 25.1 Å². The first-order chi connectivity index (χ1) is 10.0. The van der Waals surface area contributed by atoms with Gasteiger partial charge in [0, 0.05) is 5.02 Å². The Morgan fingerprint density at radius 2 is 2.19 bits per heavy atom. The lowest BCUT2D eigenvalue weighted by Crippen LogP contribution is -2.40. The Hall–Kier alpha value is -1.79. The molecular formula is C14H12ClN3O2S. The van der Waals surface area contributed by atoms with Crippen molar-refractivity contribution in [1.29, 1.82) is 0 Å². The molecule has 0 aromatic heterocycles. The van der Waals surface area contributed by atoms with E-state index in [4.69, 9.17) is 17.3 Å². The number of thioether (sulfide) groups is 1. The number of carbonyl (C=O) groups excluding carboxylic acids is 2. The van der Waals surface area contributed by atoms with Crippen molar-refractivity contribution >= 4 is 40.3 Å². The number of nitrogens with zero attached hydrogens (tertiary/aromatic N) is 2. The average molecular weight is 322 g/mol. The molecule has 1 aromatic carbocycles. The molecule has 2 amide bonds. The summed E-state index contributed by atoms with van der Waals surface area (Å²) in [5.74, 6) is -0.390. The summed E-state index contributed by atoms with van der Waals surface area (Å²) in [6.45, 7) is 1.72. The van der Waals surface area contributed by atoms with E-state index in [9.17, 15) is 9.59 Å². The van der Waals surface area contributed by atoms with Crippen molar-refractivity contribution in [2.24, 2.45) is 10.7 Å². The molecule has 7 heteroatoms. The van der Waals surface area contributed by atoms with Gasteiger partial charge in [0.05, 0.1) is 23.1 Å². The van der Waals surface area contributed by atoms with Gasteiger partial charge in [-0.2, -0.15) is 0 Å². The van der Waals surface area contributed by atoms with Gasteiger partial charge >= 0.3 is 0 Å². The summed E-state index contributed by atoms with van der Waals surface area (Å²) in [5, 5.41) is 1.08. The second kappa shape index (κ2) is 5.20. The Morgan fingerprint density at radius 1 is 1.48 bits per heavy atom. The average Bonchev–Trinajstić information content (AvgIpc) is 2.79. The van der Waals surface area contributed by atoms with E-state index in [1.807, 2.05) is 6.07 Å². The fourth-order valence-corrected chi connectivity index (χ4v) is 3.73. The van der Waals surface area contributed by atoms with Gasteiger partial charge in [0.25, 0.3) is 0 Å². The second-order valence-corrected chi connectivity index (χ2v) is 6.08. The number of allylic oxidation sites excluding steroid dienone is 1. The number of nitrogens with two attached hydrogens (primary N) is 1. The van der Waals surface area contributed by atoms with E-state index < -0.39 is 11.9 Å². The second-order valence-electron chi connectivity index (χ2n) is 4.73. The van der Waals surface area contributed by atoms with Crippen LogP contribution in [0.4, 0.5) is 0 Å². The minimum Gasteiger partial charge on any atom is -0.366 e. The lowest BCUT2D eigenvalue weighted by atomic mass is 9.94. The molecule has 0 bridgehead atoms. The van der Waals surface area contributed by atoms with Crippen LogP contribution in [0.1, 0.15) is 18.5 Å². The number of halogens is 1. The van der Waals surface area contributed by atoms with Crippen molar-refractivity contribution in [2.45, 2.75) is 13.0 Å². The third-order valence-corrected chi connectivity index (χ3v) is 4.73. The molecule has 1 saturated heterocycles. The van der Waals surface area contributed by atoms with Crippen molar-refractivity contribution in [1.82, 2.24) is 4.90 Å². The summed E-state index contributed by atoms with van der Waals surface area (Å²) in [6.07, 6.45) is 0. The highest BCUT2D eigenvalue weighted by Crippen LogP contribution is 2.42. The number of benzene rings is 1. The monoisotopic (exact) mass is 321 g/mol. The Kier molecular flexibility index (Phi) is 3.51. The first-order valence-electron chi connectivity index (χ1n) is 6.29. The fraction of sp³-hybridized carbons (Fsp3) is 0.214. The number of primary amides is 1. The lowest BCUT2D eigenvalue weighted by Gasteiger charge is -2.33. The molecule has 0 saturated carbocycles. The van der Waals surface area contributed by atoms with Gasteiger partial charge in [0.1, 0.15) is 0 Å². The van der Waals surface area contributed by atoms with Crippen LogP contribution in [0.2, 0.25) is 5.02 Å². The maximum Gasteiger partial charge on any atom is 0.248 e. The van der Waals surface area contributed by atoms with E-state index in [0.29, 0.717) is 32.8 Å². The molecule has 2 aliphatic rings. The molecular weight excluding hydrogens is 310 g/mol. The standard InChI is InChI=1S/C14H12ClN3O2S/c1-7-11(13(16)20)12(8-4-2-3-5-9(8)15)18-10(19)6-21-14(18)17-7/h2-5,12H,6H2,1H3,(H2,16,20). The smallest absolute Gasteiger partial charge is 0.248 e. The lowest BCUT2D eigenvalue weighted by molar-refractivity contribution is -0.125. The van der Waals surface area contributed by atoms with Crippen LogP contribution in [-0.4, -0.2) is 27.6 Å². The summed E-state index contributed by atoms with van der Waals surface area (Å²) < 4.78 is 0. The van der Waals surface area contributed by atoms with Gasteiger partial charge in [-0.25, -0.2) is 4.99 Å². The zero-order valence-corrected chi connectivity index (χ0v) is 12.7. The minimum atomic E-state index is -0.605. The maximum atomic E-state index is 12.2. The van der Waals surface area contributed by atoms with Crippen molar-refractivity contribution in [2.75, 3.05) is 5.75 Å². The van der Waals surface area contributed by atoms with E-state index >= 15 is 0 Å². The molecule has 3 rings (SSSR count). The largest absolute Gasteiger partial charge is 0.366 e. The number of hydrogen-bond donors (Lipinski definition) is 1. The number of fused-ring (bicyclic) bond motifs is 1. The van der Waals surface area contributed by atoms with Crippen LogP contribution in [-0.2, 0) is 9.59 Å². The third-order valence-electron chi connectivity index (χ3n) is 3.45. The highest BCUT2D eigenvalue weighted by molar-refractivity contribution is 8.15. The van der Waals surface area contributed by atoms with Gasteiger partial charge in [0.2, 0.25) is 11.8 Å². The molecule has 0 radical (unpaired) electrons. The Labute approximate surface area is 130 Å². The molecule has 1 atom stereocenters. The predicted molar refractivity (Wildman–Crippen MR) is 82.8 cm³/mol. The summed E-state index contributed by atoms with van der Waals surface area (Å²) in [4.78, 5) is 29.9. The Balaban J connectivity index is 2.23. The predicted octanol–water partition coefficient (Wildman–Crippen LogP) is 2.09. The molecule has 1 unspecified atom stereocenters. The van der Waals surface area contributed by atoms with Crippen LogP contribution >= 0.6 is 23.4 Å². The maximum absolute atomic E-state index is 12.2. The molecule has 5 nitrogen and oxygen atoms in total. The zero-order chi connectivity index (χ0) is 15.1. The molecule has 21 heavy (non-hydrogen) atoms. The van der Waals surface area contributed by atoms with Gasteiger partial charge < -0.3 is 5.73 Å². The van der Waals surface area contributed by atoms with Gasteiger partial charge in [-0.3, -0.25) is 14.5 Å². The fourth-order valence-electron chi connectivity index (χ4n) is 2.55. The number of hydrogen-bond acceptors (Lipinski definition) is 4. The topological polar surface area (TPSA) is 75.8 Å². The van der Waals surface area contributed by atoms with Crippen LogP contribution < -0.4 is 5.73 Å². The molecule has 2 heterocycles.